The molecule has 2 heterocycles. The van der Waals surface area contributed by atoms with E-state index in [1.807, 2.05) is 19.1 Å². The molecule has 2 atom stereocenters. The molecule has 0 spiro atoms. The van der Waals surface area contributed by atoms with Crippen LogP contribution in [0.15, 0.2) is 47.4 Å². The van der Waals surface area contributed by atoms with Gasteiger partial charge < -0.3 is 10.2 Å². The lowest BCUT2D eigenvalue weighted by atomic mass is 10.0. The summed E-state index contributed by atoms with van der Waals surface area (Å²) in [5, 5.41) is 3.95. The van der Waals surface area contributed by atoms with Crippen LogP contribution in [-0.4, -0.2) is 49.8 Å². The molecule has 2 aliphatic rings. The summed E-state index contributed by atoms with van der Waals surface area (Å²) in [5.41, 5.74) is 1.82. The number of hydrogen-bond donors (Lipinski definition) is 1. The third kappa shape index (κ3) is 4.30. The Hall–Kier alpha value is -1.80. The van der Waals surface area contributed by atoms with E-state index in [1.54, 1.807) is 39.5 Å². The molecule has 2 saturated heterocycles. The van der Waals surface area contributed by atoms with Crippen molar-refractivity contribution in [2.75, 3.05) is 26.2 Å². The predicted molar refractivity (Wildman–Crippen MR) is 117 cm³/mol. The van der Waals surface area contributed by atoms with Gasteiger partial charge in [0.2, 0.25) is 10.0 Å². The maximum absolute atomic E-state index is 12.9. The molecule has 0 aromatic heterocycles. The molecule has 6 nitrogen and oxygen atoms in total. The van der Waals surface area contributed by atoms with Gasteiger partial charge in [-0.15, -0.1) is 0 Å². The summed E-state index contributed by atoms with van der Waals surface area (Å²) in [5.74, 6) is 0.296. The highest BCUT2D eigenvalue weighted by Crippen LogP contribution is 2.34. The second-order valence-corrected chi connectivity index (χ2v) is 10.7. The Morgan fingerprint density at radius 3 is 2.27 bits per heavy atom. The fourth-order valence-corrected chi connectivity index (χ4v) is 6.15. The standard InChI is InChI=1S/C21H23Cl2N3O3S/c1-14-2-6-19(7-3-14)30(28,29)26-12-16-10-25(11-17(16)13-26)21(27)24-9-15-4-5-18(22)8-20(15)23/h2-8,16-17H,9-13H2,1H3,(H,24,27)/t16-,17+. The van der Waals surface area contributed by atoms with E-state index in [9.17, 15) is 13.2 Å². The zero-order valence-electron chi connectivity index (χ0n) is 16.5. The van der Waals surface area contributed by atoms with Gasteiger partial charge >= 0.3 is 6.03 Å². The number of carbonyl (C=O) groups excluding carboxylic acids is 1. The molecule has 0 saturated carbocycles. The van der Waals surface area contributed by atoms with Gasteiger partial charge in [-0.25, -0.2) is 13.2 Å². The molecule has 2 aromatic rings. The molecule has 0 aliphatic carbocycles. The second-order valence-electron chi connectivity index (χ2n) is 7.95. The summed E-state index contributed by atoms with van der Waals surface area (Å²) in [6, 6.07) is 11.9. The number of aryl methyl sites for hydroxylation is 1. The van der Waals surface area contributed by atoms with Crippen LogP contribution in [0.3, 0.4) is 0 Å². The molecule has 1 N–H and O–H groups in total. The highest BCUT2D eigenvalue weighted by molar-refractivity contribution is 7.89. The Morgan fingerprint density at radius 1 is 1.03 bits per heavy atom. The summed E-state index contributed by atoms with van der Waals surface area (Å²) in [4.78, 5) is 14.7. The van der Waals surface area contributed by atoms with Gasteiger partial charge in [-0.3, -0.25) is 0 Å². The van der Waals surface area contributed by atoms with Crippen LogP contribution in [0, 0.1) is 18.8 Å². The number of nitrogens with one attached hydrogen (secondary N) is 1. The van der Waals surface area contributed by atoms with Gasteiger partial charge in [0.25, 0.3) is 0 Å². The van der Waals surface area contributed by atoms with E-state index in [-0.39, 0.29) is 17.9 Å². The van der Waals surface area contributed by atoms with Crippen LogP contribution in [-0.2, 0) is 16.6 Å². The molecule has 4 rings (SSSR count). The van der Waals surface area contributed by atoms with Crippen LogP contribution in [0.25, 0.3) is 0 Å². The van der Waals surface area contributed by atoms with Gasteiger partial charge in [-0.05, 0) is 48.6 Å². The van der Waals surface area contributed by atoms with Crippen LogP contribution in [0.2, 0.25) is 10.0 Å². The van der Waals surface area contributed by atoms with Crippen LogP contribution >= 0.6 is 23.2 Å². The highest BCUT2D eigenvalue weighted by atomic mass is 35.5. The molecular weight excluding hydrogens is 445 g/mol. The second kappa shape index (κ2) is 8.38. The van der Waals surface area contributed by atoms with Gasteiger partial charge in [0, 0.05) is 42.8 Å². The Morgan fingerprint density at radius 2 is 1.67 bits per heavy atom. The van der Waals surface area contributed by atoms with Crippen molar-refractivity contribution in [3.05, 3.63) is 63.6 Å². The molecule has 0 unspecified atom stereocenters. The number of carbonyl (C=O) groups is 1. The van der Waals surface area contributed by atoms with Crippen molar-refractivity contribution >= 4 is 39.3 Å². The van der Waals surface area contributed by atoms with E-state index >= 15 is 0 Å². The van der Waals surface area contributed by atoms with Crippen LogP contribution < -0.4 is 5.32 Å². The van der Waals surface area contributed by atoms with Crippen molar-refractivity contribution in [1.29, 1.82) is 0 Å². The van der Waals surface area contributed by atoms with E-state index in [4.69, 9.17) is 23.2 Å². The Labute approximate surface area is 186 Å². The number of hydrogen-bond acceptors (Lipinski definition) is 3. The Bertz CT molecular complexity index is 1050. The van der Waals surface area contributed by atoms with E-state index in [0.717, 1.165) is 11.1 Å². The molecule has 160 valence electrons. The predicted octanol–water partition coefficient (Wildman–Crippen LogP) is 3.76. The van der Waals surface area contributed by atoms with Crippen LogP contribution in [0.4, 0.5) is 4.79 Å². The normalized spacial score (nSPS) is 21.6. The van der Waals surface area contributed by atoms with E-state index < -0.39 is 10.0 Å². The first-order valence-electron chi connectivity index (χ1n) is 9.77. The molecule has 0 bridgehead atoms. The number of likely N-dealkylation sites (tertiary alicyclic amines) is 1. The topological polar surface area (TPSA) is 69.7 Å². The lowest BCUT2D eigenvalue weighted by Gasteiger charge is -2.22. The fraction of sp³-hybridized carbons (Fsp3) is 0.381. The van der Waals surface area contributed by atoms with Crippen molar-refractivity contribution in [1.82, 2.24) is 14.5 Å². The van der Waals surface area contributed by atoms with Gasteiger partial charge in [-0.1, -0.05) is 47.0 Å². The number of nitrogens with zero attached hydrogens (tertiary/aromatic N) is 2. The van der Waals surface area contributed by atoms with E-state index in [2.05, 4.69) is 5.32 Å². The lowest BCUT2D eigenvalue weighted by Crippen LogP contribution is -2.40. The average molecular weight is 468 g/mol. The van der Waals surface area contributed by atoms with Gasteiger partial charge in [-0.2, -0.15) is 4.31 Å². The van der Waals surface area contributed by atoms with E-state index in [1.165, 1.54) is 0 Å². The van der Waals surface area contributed by atoms with Gasteiger partial charge in [0.05, 0.1) is 4.90 Å². The first kappa shape index (κ1) is 21.4. The zero-order valence-corrected chi connectivity index (χ0v) is 18.8. The molecule has 9 heteroatoms. The van der Waals surface area contributed by atoms with Crippen molar-refractivity contribution in [2.45, 2.75) is 18.4 Å². The van der Waals surface area contributed by atoms with Gasteiger partial charge in [0.15, 0.2) is 0 Å². The molecule has 2 fully saturated rings. The lowest BCUT2D eigenvalue weighted by molar-refractivity contribution is 0.203. The maximum atomic E-state index is 12.9. The monoisotopic (exact) mass is 467 g/mol. The van der Waals surface area contributed by atoms with Crippen molar-refractivity contribution < 1.29 is 13.2 Å². The Kier molecular flexibility index (Phi) is 5.99. The van der Waals surface area contributed by atoms with E-state index in [0.29, 0.717) is 47.7 Å². The number of urea groups is 1. The summed E-state index contributed by atoms with van der Waals surface area (Å²) >= 11 is 12.1. The van der Waals surface area contributed by atoms with Crippen LogP contribution in [0.5, 0.6) is 0 Å². The minimum absolute atomic E-state index is 0.148. The number of sulfonamides is 1. The van der Waals surface area contributed by atoms with Gasteiger partial charge in [0.1, 0.15) is 0 Å². The summed E-state index contributed by atoms with van der Waals surface area (Å²) in [7, 11) is -3.50. The number of fused-ring (bicyclic) bond motifs is 1. The first-order chi connectivity index (χ1) is 14.2. The number of halogens is 2. The highest BCUT2D eigenvalue weighted by Gasteiger charge is 2.45. The summed E-state index contributed by atoms with van der Waals surface area (Å²) < 4.78 is 27.4. The minimum Gasteiger partial charge on any atom is -0.334 e. The molecule has 30 heavy (non-hydrogen) atoms. The zero-order chi connectivity index (χ0) is 21.5. The third-order valence-corrected chi connectivity index (χ3v) is 8.28. The molecule has 2 amide bonds. The Balaban J connectivity index is 1.34. The largest absolute Gasteiger partial charge is 0.334 e. The average Bonchev–Trinajstić information content (AvgIpc) is 3.27. The fourth-order valence-electron chi connectivity index (χ4n) is 4.12. The van der Waals surface area contributed by atoms with Crippen molar-refractivity contribution in [3.8, 4) is 0 Å². The SMILES string of the molecule is Cc1ccc(S(=O)(=O)N2C[C@H]3CN(C(=O)NCc4ccc(Cl)cc4Cl)C[C@H]3C2)cc1. The molecule has 0 radical (unpaired) electrons. The molecule has 2 aliphatic heterocycles. The molecule has 2 aromatic carbocycles. The molecular formula is C21H23Cl2N3O3S. The van der Waals surface area contributed by atoms with Crippen molar-refractivity contribution in [2.24, 2.45) is 11.8 Å². The maximum Gasteiger partial charge on any atom is 0.317 e. The number of amides is 2. The number of benzene rings is 2. The first-order valence-corrected chi connectivity index (χ1v) is 12.0. The minimum atomic E-state index is -3.50. The summed E-state index contributed by atoms with van der Waals surface area (Å²) in [6.07, 6.45) is 0. The summed E-state index contributed by atoms with van der Waals surface area (Å²) in [6.45, 7) is 4.21. The van der Waals surface area contributed by atoms with Crippen LogP contribution in [0.1, 0.15) is 11.1 Å². The quantitative estimate of drug-likeness (QED) is 0.743. The number of rotatable bonds is 4. The third-order valence-electron chi connectivity index (χ3n) is 5.84. The van der Waals surface area contributed by atoms with Crippen molar-refractivity contribution in [3.63, 3.8) is 0 Å². The smallest absolute Gasteiger partial charge is 0.317 e.